The van der Waals surface area contributed by atoms with Crippen LogP contribution in [0, 0.1) is 11.0 Å². The first kappa shape index (κ1) is 19.5. The van der Waals surface area contributed by atoms with Crippen LogP contribution < -0.4 is 10.6 Å². The standard InChI is InChI=1S/C19H19FN4O4S/c20-15-9-21-19(29-15)23-18(26)16(24-28-14-7-8-27-10-14)11-3-5-13(6-4-11)22-17(25)12-1-2-12/h3-6,9,12,14H,1-2,7-8,10H2,(H,22,25)(H,21,23,26)/t14-/m1/s1. The SMILES string of the molecule is O=C(Nc1ncc(F)s1)C(=NO[C@@H]1CCOC1)c1ccc(NC(=O)C2CC2)cc1. The van der Waals surface area contributed by atoms with Gasteiger partial charge in [-0.25, -0.2) is 4.98 Å². The molecule has 2 heterocycles. The number of carbonyl (C=O) groups is 2. The van der Waals surface area contributed by atoms with E-state index in [2.05, 4.69) is 20.8 Å². The van der Waals surface area contributed by atoms with Crippen molar-refractivity contribution in [3.63, 3.8) is 0 Å². The van der Waals surface area contributed by atoms with Gasteiger partial charge in [-0.3, -0.25) is 14.9 Å². The summed E-state index contributed by atoms with van der Waals surface area (Å²) in [6, 6.07) is 6.72. The lowest BCUT2D eigenvalue weighted by atomic mass is 10.1. The summed E-state index contributed by atoms with van der Waals surface area (Å²) < 4.78 is 18.4. The van der Waals surface area contributed by atoms with E-state index in [1.807, 2.05) is 0 Å². The van der Waals surface area contributed by atoms with Gasteiger partial charge < -0.3 is 14.9 Å². The molecule has 1 aromatic carbocycles. The largest absolute Gasteiger partial charge is 0.389 e. The van der Waals surface area contributed by atoms with Crippen LogP contribution in [0.15, 0.2) is 35.6 Å². The number of thiazole rings is 1. The molecule has 0 radical (unpaired) electrons. The number of anilines is 2. The van der Waals surface area contributed by atoms with Gasteiger partial charge in [-0.15, -0.1) is 0 Å². The molecule has 10 heteroatoms. The zero-order valence-corrected chi connectivity index (χ0v) is 16.2. The van der Waals surface area contributed by atoms with E-state index in [0.717, 1.165) is 19.0 Å². The van der Waals surface area contributed by atoms with Crippen LogP contribution in [0.2, 0.25) is 0 Å². The van der Waals surface area contributed by atoms with Crippen molar-refractivity contribution in [3.8, 4) is 0 Å². The molecule has 0 bridgehead atoms. The van der Waals surface area contributed by atoms with Crippen LogP contribution in [0.5, 0.6) is 0 Å². The Kier molecular flexibility index (Phi) is 5.81. The number of hydrogen-bond donors (Lipinski definition) is 2. The Balaban J connectivity index is 1.50. The number of benzene rings is 1. The summed E-state index contributed by atoms with van der Waals surface area (Å²) in [5.74, 6) is -0.480. The highest BCUT2D eigenvalue weighted by atomic mass is 32.1. The molecular formula is C19H19FN4O4S. The maximum absolute atomic E-state index is 13.2. The maximum atomic E-state index is 13.2. The van der Waals surface area contributed by atoms with Crippen LogP contribution in [0.4, 0.5) is 15.2 Å². The van der Waals surface area contributed by atoms with Gasteiger partial charge in [0.25, 0.3) is 5.91 Å². The fourth-order valence-corrected chi connectivity index (χ4v) is 3.26. The van der Waals surface area contributed by atoms with Crippen molar-refractivity contribution in [2.75, 3.05) is 23.8 Å². The molecule has 1 saturated heterocycles. The van der Waals surface area contributed by atoms with E-state index in [0.29, 0.717) is 42.2 Å². The number of halogens is 1. The molecule has 1 saturated carbocycles. The fraction of sp³-hybridized carbons (Fsp3) is 0.368. The lowest BCUT2D eigenvalue weighted by Gasteiger charge is -2.10. The topological polar surface area (TPSA) is 102 Å². The van der Waals surface area contributed by atoms with E-state index < -0.39 is 11.0 Å². The molecule has 2 aromatic rings. The molecular weight excluding hydrogens is 399 g/mol. The van der Waals surface area contributed by atoms with Gasteiger partial charge in [0.05, 0.1) is 19.4 Å². The highest BCUT2D eigenvalue weighted by Crippen LogP contribution is 2.30. The smallest absolute Gasteiger partial charge is 0.280 e. The van der Waals surface area contributed by atoms with E-state index >= 15 is 0 Å². The molecule has 1 aliphatic carbocycles. The Morgan fingerprint density at radius 1 is 1.21 bits per heavy atom. The predicted molar refractivity (Wildman–Crippen MR) is 105 cm³/mol. The maximum Gasteiger partial charge on any atom is 0.280 e. The average Bonchev–Trinajstić information content (AvgIpc) is 3.29. The van der Waals surface area contributed by atoms with Gasteiger partial charge in [-0.05, 0) is 25.0 Å². The number of carbonyl (C=O) groups excluding carboxylic acids is 2. The lowest BCUT2D eigenvalue weighted by Crippen LogP contribution is -2.25. The first-order valence-corrected chi connectivity index (χ1v) is 10.1. The molecule has 4 rings (SSSR count). The first-order valence-electron chi connectivity index (χ1n) is 9.24. The molecule has 152 valence electrons. The van der Waals surface area contributed by atoms with Crippen LogP contribution in [-0.2, 0) is 19.2 Å². The molecule has 1 aromatic heterocycles. The second-order valence-corrected chi connectivity index (χ2v) is 7.78. The highest BCUT2D eigenvalue weighted by Gasteiger charge is 2.29. The van der Waals surface area contributed by atoms with Crippen molar-refractivity contribution in [2.24, 2.45) is 11.1 Å². The Morgan fingerprint density at radius 2 is 2.00 bits per heavy atom. The molecule has 29 heavy (non-hydrogen) atoms. The van der Waals surface area contributed by atoms with Crippen LogP contribution in [-0.4, -0.2) is 41.8 Å². The number of aromatic nitrogens is 1. The van der Waals surface area contributed by atoms with E-state index in [4.69, 9.17) is 9.57 Å². The summed E-state index contributed by atoms with van der Waals surface area (Å²) in [4.78, 5) is 33.8. The van der Waals surface area contributed by atoms with Gasteiger partial charge in [0.2, 0.25) is 5.91 Å². The fourth-order valence-electron chi connectivity index (χ4n) is 2.72. The van der Waals surface area contributed by atoms with E-state index in [-0.39, 0.29) is 28.8 Å². The molecule has 0 spiro atoms. The zero-order valence-electron chi connectivity index (χ0n) is 15.4. The Bertz CT molecular complexity index is 921. The number of nitrogens with zero attached hydrogens (tertiary/aromatic N) is 2. The summed E-state index contributed by atoms with van der Waals surface area (Å²) in [7, 11) is 0. The van der Waals surface area contributed by atoms with Crippen molar-refractivity contribution in [1.82, 2.24) is 4.98 Å². The minimum absolute atomic E-state index is 0.000235. The van der Waals surface area contributed by atoms with Crippen LogP contribution in [0.1, 0.15) is 24.8 Å². The molecule has 1 atom stereocenters. The summed E-state index contributed by atoms with van der Waals surface area (Å²) in [5.41, 5.74) is 1.15. The van der Waals surface area contributed by atoms with Crippen molar-refractivity contribution in [3.05, 3.63) is 41.2 Å². The van der Waals surface area contributed by atoms with Crippen LogP contribution in [0.3, 0.4) is 0 Å². The first-order chi connectivity index (χ1) is 14.1. The minimum atomic E-state index is -0.576. The third-order valence-electron chi connectivity index (χ3n) is 4.47. The van der Waals surface area contributed by atoms with Crippen molar-refractivity contribution >= 4 is 39.7 Å². The third kappa shape index (κ3) is 5.15. The van der Waals surface area contributed by atoms with Gasteiger partial charge in [0.15, 0.2) is 22.1 Å². The quantitative estimate of drug-likeness (QED) is 0.532. The van der Waals surface area contributed by atoms with E-state index in [1.165, 1.54) is 0 Å². The Hall–Kier alpha value is -2.85. The van der Waals surface area contributed by atoms with Crippen LogP contribution in [0.25, 0.3) is 0 Å². The van der Waals surface area contributed by atoms with Gasteiger partial charge in [-0.1, -0.05) is 28.6 Å². The average molecular weight is 418 g/mol. The van der Waals surface area contributed by atoms with Gasteiger partial charge >= 0.3 is 0 Å². The second kappa shape index (κ2) is 8.66. The normalized spacial score (nSPS) is 19.1. The molecule has 0 unspecified atom stereocenters. The minimum Gasteiger partial charge on any atom is -0.389 e. The molecule has 2 aliphatic rings. The van der Waals surface area contributed by atoms with Crippen molar-refractivity contribution in [1.29, 1.82) is 0 Å². The number of hydrogen-bond acceptors (Lipinski definition) is 7. The van der Waals surface area contributed by atoms with Crippen LogP contribution >= 0.6 is 11.3 Å². The zero-order chi connectivity index (χ0) is 20.2. The second-order valence-electron chi connectivity index (χ2n) is 6.80. The summed E-state index contributed by atoms with van der Waals surface area (Å²) in [6.07, 6.45) is 3.32. The summed E-state index contributed by atoms with van der Waals surface area (Å²) in [5, 5.41) is 9.01. The van der Waals surface area contributed by atoms with E-state index in [1.54, 1.807) is 24.3 Å². The number of amides is 2. The monoisotopic (exact) mass is 418 g/mol. The van der Waals surface area contributed by atoms with Gasteiger partial charge in [0, 0.05) is 23.6 Å². The van der Waals surface area contributed by atoms with Crippen molar-refractivity contribution < 1.29 is 23.6 Å². The van der Waals surface area contributed by atoms with Gasteiger partial charge in [0.1, 0.15) is 0 Å². The van der Waals surface area contributed by atoms with Crippen molar-refractivity contribution in [2.45, 2.75) is 25.4 Å². The van der Waals surface area contributed by atoms with E-state index in [9.17, 15) is 14.0 Å². The Labute approximate surface area is 170 Å². The molecule has 1 aliphatic heterocycles. The summed E-state index contributed by atoms with van der Waals surface area (Å²) >= 11 is 0.717. The third-order valence-corrected chi connectivity index (χ3v) is 5.17. The number of oxime groups is 1. The number of rotatable bonds is 7. The highest BCUT2D eigenvalue weighted by molar-refractivity contribution is 7.14. The molecule has 2 fully saturated rings. The molecule has 2 amide bonds. The summed E-state index contributed by atoms with van der Waals surface area (Å²) in [6.45, 7) is 0.984. The lowest BCUT2D eigenvalue weighted by molar-refractivity contribution is -0.117. The molecule has 8 nitrogen and oxygen atoms in total. The Morgan fingerprint density at radius 3 is 2.62 bits per heavy atom. The molecule has 2 N–H and O–H groups in total. The number of ether oxygens (including phenoxy) is 1. The predicted octanol–water partition coefficient (Wildman–Crippen LogP) is 2.78. The number of nitrogens with one attached hydrogen (secondary N) is 2. The van der Waals surface area contributed by atoms with Gasteiger partial charge in [-0.2, -0.15) is 4.39 Å².